The number of halogens is 2. The first-order chi connectivity index (χ1) is 5.90. The van der Waals surface area contributed by atoms with Gasteiger partial charge in [-0.25, -0.2) is 0 Å². The summed E-state index contributed by atoms with van der Waals surface area (Å²) in [7, 11) is 0. The molecule has 1 aromatic rings. The lowest BCUT2D eigenvalue weighted by Gasteiger charge is -2.24. The number of hydrogen-bond donors (Lipinski definition) is 1. The molecule has 3 heteroatoms. The Hall–Kier alpha value is 0.140. The van der Waals surface area contributed by atoms with Crippen molar-refractivity contribution < 1.29 is 0 Å². The quantitative estimate of drug-likeness (QED) is 0.787. The normalized spacial score (nSPS) is 20.2. The zero-order chi connectivity index (χ0) is 8.39. The van der Waals surface area contributed by atoms with Crippen molar-refractivity contribution in [1.29, 1.82) is 0 Å². The highest BCUT2D eigenvalue weighted by atomic mass is 79.9. The zero-order valence-electron chi connectivity index (χ0n) is 7.29. The van der Waals surface area contributed by atoms with E-state index in [2.05, 4.69) is 45.5 Å². The first-order valence-electron chi connectivity index (χ1n) is 4.26. The maximum Gasteiger partial charge on any atom is 0.0211 e. The fourth-order valence-electron chi connectivity index (χ4n) is 1.63. The van der Waals surface area contributed by atoms with Crippen LogP contribution in [0.5, 0.6) is 0 Å². The summed E-state index contributed by atoms with van der Waals surface area (Å²) in [6.45, 7) is 1.02. The standard InChI is InChI=1S/C10H12BrN.BrH/c11-6-10-5-8-3-1-2-4-9(8)7-12-10;/h1-4,10,12H,5-7H2;1H. The third kappa shape index (κ3) is 2.55. The molecule has 0 saturated heterocycles. The van der Waals surface area contributed by atoms with Crippen molar-refractivity contribution in [3.05, 3.63) is 35.4 Å². The van der Waals surface area contributed by atoms with Gasteiger partial charge in [-0.2, -0.15) is 0 Å². The average Bonchev–Trinajstić information content (AvgIpc) is 2.17. The van der Waals surface area contributed by atoms with E-state index < -0.39 is 0 Å². The summed E-state index contributed by atoms with van der Waals surface area (Å²) < 4.78 is 0. The monoisotopic (exact) mass is 305 g/mol. The predicted octanol–water partition coefficient (Wildman–Crippen LogP) is 2.67. The third-order valence-electron chi connectivity index (χ3n) is 2.35. The molecule has 0 bridgehead atoms. The van der Waals surface area contributed by atoms with Gasteiger partial charge in [-0.1, -0.05) is 40.2 Å². The first kappa shape index (κ1) is 11.2. The molecule has 1 atom stereocenters. The van der Waals surface area contributed by atoms with Crippen molar-refractivity contribution in [2.45, 2.75) is 19.0 Å². The minimum absolute atomic E-state index is 0. The van der Waals surface area contributed by atoms with Crippen molar-refractivity contribution >= 4 is 32.9 Å². The van der Waals surface area contributed by atoms with Crippen LogP contribution in [0.4, 0.5) is 0 Å². The molecule has 0 aliphatic carbocycles. The summed E-state index contributed by atoms with van der Waals surface area (Å²) in [5, 5.41) is 4.52. The van der Waals surface area contributed by atoms with Gasteiger partial charge in [0.25, 0.3) is 0 Å². The first-order valence-corrected chi connectivity index (χ1v) is 5.38. The Morgan fingerprint density at radius 2 is 2.00 bits per heavy atom. The van der Waals surface area contributed by atoms with Gasteiger partial charge in [-0.05, 0) is 17.5 Å². The number of nitrogens with one attached hydrogen (secondary N) is 1. The lowest BCUT2D eigenvalue weighted by molar-refractivity contribution is 0.522. The second kappa shape index (κ2) is 5.13. The van der Waals surface area contributed by atoms with E-state index in [-0.39, 0.29) is 17.0 Å². The molecule has 2 rings (SSSR count). The molecular formula is C10H13Br2N. The molecule has 0 amide bonds. The van der Waals surface area contributed by atoms with Crippen LogP contribution >= 0.6 is 32.9 Å². The van der Waals surface area contributed by atoms with Crippen LogP contribution in [0.15, 0.2) is 24.3 Å². The molecule has 0 spiro atoms. The molecule has 1 aliphatic rings. The van der Waals surface area contributed by atoms with Gasteiger partial charge >= 0.3 is 0 Å². The van der Waals surface area contributed by atoms with Gasteiger partial charge in [-0.15, -0.1) is 17.0 Å². The molecular weight excluding hydrogens is 294 g/mol. The summed E-state index contributed by atoms with van der Waals surface area (Å²) in [5.74, 6) is 0. The Labute approximate surface area is 97.8 Å². The minimum atomic E-state index is 0. The lowest BCUT2D eigenvalue weighted by atomic mass is 9.97. The fourth-order valence-corrected chi connectivity index (χ4v) is 2.09. The van der Waals surface area contributed by atoms with Crippen molar-refractivity contribution in [3.8, 4) is 0 Å². The van der Waals surface area contributed by atoms with Crippen LogP contribution in [-0.2, 0) is 13.0 Å². The number of rotatable bonds is 1. The molecule has 1 unspecified atom stereocenters. The summed E-state index contributed by atoms with van der Waals surface area (Å²) in [6, 6.07) is 9.27. The molecule has 0 saturated carbocycles. The van der Waals surface area contributed by atoms with Crippen molar-refractivity contribution in [3.63, 3.8) is 0 Å². The maximum atomic E-state index is 3.50. The van der Waals surface area contributed by atoms with Gasteiger partial charge in [0.2, 0.25) is 0 Å². The van der Waals surface area contributed by atoms with Gasteiger partial charge in [0, 0.05) is 17.9 Å². The smallest absolute Gasteiger partial charge is 0.0211 e. The van der Waals surface area contributed by atoms with Gasteiger partial charge in [0.05, 0.1) is 0 Å². The van der Waals surface area contributed by atoms with Crippen LogP contribution in [0.1, 0.15) is 11.1 Å². The Morgan fingerprint density at radius 1 is 1.31 bits per heavy atom. The van der Waals surface area contributed by atoms with E-state index in [0.717, 1.165) is 18.3 Å². The highest BCUT2D eigenvalue weighted by Gasteiger charge is 2.15. The Kier molecular flexibility index (Phi) is 4.42. The molecule has 0 fully saturated rings. The number of benzene rings is 1. The molecule has 1 aliphatic heterocycles. The highest BCUT2D eigenvalue weighted by Crippen LogP contribution is 2.16. The van der Waals surface area contributed by atoms with Crippen molar-refractivity contribution in [2.75, 3.05) is 5.33 Å². The number of alkyl halides is 1. The van der Waals surface area contributed by atoms with Gasteiger partial charge in [-0.3, -0.25) is 0 Å². The van der Waals surface area contributed by atoms with E-state index in [1.54, 1.807) is 0 Å². The van der Waals surface area contributed by atoms with E-state index in [0.29, 0.717) is 6.04 Å². The van der Waals surface area contributed by atoms with E-state index >= 15 is 0 Å². The van der Waals surface area contributed by atoms with Crippen LogP contribution in [0.25, 0.3) is 0 Å². The molecule has 13 heavy (non-hydrogen) atoms. The van der Waals surface area contributed by atoms with Crippen LogP contribution in [0, 0.1) is 0 Å². The number of hydrogen-bond acceptors (Lipinski definition) is 1. The highest BCUT2D eigenvalue weighted by molar-refractivity contribution is 9.09. The van der Waals surface area contributed by atoms with Crippen LogP contribution in [-0.4, -0.2) is 11.4 Å². The van der Waals surface area contributed by atoms with E-state index in [9.17, 15) is 0 Å². The Balaban J connectivity index is 0.000000845. The van der Waals surface area contributed by atoms with Crippen LogP contribution in [0.3, 0.4) is 0 Å². The zero-order valence-corrected chi connectivity index (χ0v) is 10.6. The summed E-state index contributed by atoms with van der Waals surface area (Å²) in [5.41, 5.74) is 2.95. The molecule has 72 valence electrons. The van der Waals surface area contributed by atoms with Crippen LogP contribution < -0.4 is 5.32 Å². The minimum Gasteiger partial charge on any atom is -0.309 e. The molecule has 1 aromatic carbocycles. The molecule has 1 nitrogen and oxygen atoms in total. The van der Waals surface area contributed by atoms with E-state index in [1.807, 2.05) is 0 Å². The van der Waals surface area contributed by atoms with Crippen LogP contribution in [0.2, 0.25) is 0 Å². The van der Waals surface area contributed by atoms with E-state index in [4.69, 9.17) is 0 Å². The lowest BCUT2D eigenvalue weighted by Crippen LogP contribution is -2.36. The molecule has 1 heterocycles. The van der Waals surface area contributed by atoms with E-state index in [1.165, 1.54) is 11.1 Å². The molecule has 0 aromatic heterocycles. The Morgan fingerprint density at radius 3 is 2.69 bits per heavy atom. The molecule has 1 N–H and O–H groups in total. The van der Waals surface area contributed by atoms with Gasteiger partial charge in [0.1, 0.15) is 0 Å². The second-order valence-electron chi connectivity index (χ2n) is 3.20. The average molecular weight is 307 g/mol. The van der Waals surface area contributed by atoms with Gasteiger partial charge in [0.15, 0.2) is 0 Å². The summed E-state index contributed by atoms with van der Waals surface area (Å²) >= 11 is 3.50. The summed E-state index contributed by atoms with van der Waals surface area (Å²) in [4.78, 5) is 0. The predicted molar refractivity (Wildman–Crippen MR) is 64.9 cm³/mol. The Bertz CT molecular complexity index is 275. The van der Waals surface area contributed by atoms with Gasteiger partial charge < -0.3 is 5.32 Å². The second-order valence-corrected chi connectivity index (χ2v) is 3.85. The van der Waals surface area contributed by atoms with Crippen molar-refractivity contribution in [2.24, 2.45) is 0 Å². The third-order valence-corrected chi connectivity index (χ3v) is 3.13. The fraction of sp³-hybridized carbons (Fsp3) is 0.400. The van der Waals surface area contributed by atoms with Crippen molar-refractivity contribution in [1.82, 2.24) is 5.32 Å². The number of fused-ring (bicyclic) bond motifs is 1. The topological polar surface area (TPSA) is 12.0 Å². The molecule has 0 radical (unpaired) electrons. The SMILES string of the molecule is Br.BrCC1Cc2ccccc2CN1. The maximum absolute atomic E-state index is 3.50. The largest absolute Gasteiger partial charge is 0.309 e. The summed E-state index contributed by atoms with van der Waals surface area (Å²) in [6.07, 6.45) is 1.15.